The Labute approximate surface area is 140 Å². The first-order valence-corrected chi connectivity index (χ1v) is 7.69. The molecule has 0 atom stereocenters. The number of hydrogen-bond donors (Lipinski definition) is 2. The maximum absolute atomic E-state index is 5.62. The molecule has 3 rings (SSSR count). The Bertz CT molecular complexity index is 757. The molecule has 2 aromatic heterocycles. The minimum Gasteiger partial charge on any atom is -0.491 e. The zero-order valence-electron chi connectivity index (χ0n) is 13.6. The highest BCUT2D eigenvalue weighted by Crippen LogP contribution is 2.19. The number of nitrogens with zero attached hydrogens (tertiary/aromatic N) is 3. The normalized spacial score (nSPS) is 10.6. The lowest BCUT2D eigenvalue weighted by Gasteiger charge is -2.11. The van der Waals surface area contributed by atoms with Crippen LogP contribution in [0.1, 0.15) is 19.6 Å². The van der Waals surface area contributed by atoms with Crippen molar-refractivity contribution in [3.8, 4) is 5.75 Å². The number of ether oxygens (including phenoxy) is 1. The quantitative estimate of drug-likeness (QED) is 0.686. The molecule has 0 unspecified atom stereocenters. The van der Waals surface area contributed by atoms with E-state index >= 15 is 0 Å². The van der Waals surface area contributed by atoms with E-state index in [-0.39, 0.29) is 6.10 Å². The molecule has 0 aliphatic carbocycles. The van der Waals surface area contributed by atoms with Crippen LogP contribution in [-0.2, 0) is 6.54 Å². The van der Waals surface area contributed by atoms with Crippen LogP contribution in [0.2, 0.25) is 0 Å². The lowest BCUT2D eigenvalue weighted by molar-refractivity contribution is 0.242. The van der Waals surface area contributed by atoms with Crippen molar-refractivity contribution in [3.05, 3.63) is 54.6 Å². The maximum Gasteiger partial charge on any atom is 0.245 e. The number of benzene rings is 1. The van der Waals surface area contributed by atoms with E-state index in [4.69, 9.17) is 9.15 Å². The molecule has 0 spiro atoms. The summed E-state index contributed by atoms with van der Waals surface area (Å²) in [6.07, 6.45) is 3.34. The molecule has 1 aromatic carbocycles. The van der Waals surface area contributed by atoms with Crippen LogP contribution in [0.15, 0.2) is 53.3 Å². The van der Waals surface area contributed by atoms with Crippen molar-refractivity contribution in [2.24, 2.45) is 0 Å². The zero-order valence-corrected chi connectivity index (χ0v) is 13.6. The van der Waals surface area contributed by atoms with Gasteiger partial charge in [0.15, 0.2) is 5.82 Å². The second-order valence-electron chi connectivity index (χ2n) is 5.41. The molecule has 0 bridgehead atoms. The van der Waals surface area contributed by atoms with E-state index in [2.05, 4.69) is 25.8 Å². The van der Waals surface area contributed by atoms with Gasteiger partial charge in [-0.25, -0.2) is 0 Å². The second kappa shape index (κ2) is 7.45. The summed E-state index contributed by atoms with van der Waals surface area (Å²) in [5.74, 6) is 2.66. The molecule has 2 heterocycles. The Morgan fingerprint density at radius 3 is 2.71 bits per heavy atom. The summed E-state index contributed by atoms with van der Waals surface area (Å²) in [5, 5.41) is 14.1. The minimum absolute atomic E-state index is 0.151. The van der Waals surface area contributed by atoms with Gasteiger partial charge in [0.05, 0.1) is 25.1 Å². The Kier molecular flexibility index (Phi) is 4.90. The standard InChI is InChI=1S/C17H19N5O2/c1-12(2)24-14-7-5-13(6-8-14)20-16-11-19-22-17(21-16)18-10-15-4-3-9-23-15/h3-9,11-12H,10H2,1-2H3,(H2,18,20,21,22). The highest BCUT2D eigenvalue weighted by Gasteiger charge is 2.03. The van der Waals surface area contributed by atoms with Crippen LogP contribution in [0.25, 0.3) is 0 Å². The van der Waals surface area contributed by atoms with E-state index in [0.717, 1.165) is 17.2 Å². The smallest absolute Gasteiger partial charge is 0.245 e. The van der Waals surface area contributed by atoms with E-state index in [1.165, 1.54) is 0 Å². The Hall–Kier alpha value is -3.09. The third-order valence-corrected chi connectivity index (χ3v) is 3.06. The van der Waals surface area contributed by atoms with Crippen LogP contribution in [0.5, 0.6) is 5.75 Å². The Morgan fingerprint density at radius 2 is 2.00 bits per heavy atom. The first kappa shape index (κ1) is 15.8. The number of hydrogen-bond acceptors (Lipinski definition) is 7. The van der Waals surface area contributed by atoms with E-state index in [9.17, 15) is 0 Å². The molecule has 124 valence electrons. The van der Waals surface area contributed by atoms with Crippen molar-refractivity contribution < 1.29 is 9.15 Å². The molecular weight excluding hydrogens is 306 g/mol. The molecule has 2 N–H and O–H groups in total. The van der Waals surface area contributed by atoms with Gasteiger partial charge in [-0.1, -0.05) is 0 Å². The molecule has 0 fully saturated rings. The fourth-order valence-corrected chi connectivity index (χ4v) is 2.05. The van der Waals surface area contributed by atoms with Gasteiger partial charge >= 0.3 is 0 Å². The zero-order chi connectivity index (χ0) is 16.8. The van der Waals surface area contributed by atoms with Crippen LogP contribution in [0, 0.1) is 0 Å². The molecule has 3 aromatic rings. The van der Waals surface area contributed by atoms with E-state index in [1.54, 1.807) is 12.5 Å². The topological polar surface area (TPSA) is 85.1 Å². The highest BCUT2D eigenvalue weighted by molar-refractivity contribution is 5.57. The molecule has 7 heteroatoms. The fraction of sp³-hybridized carbons (Fsp3) is 0.235. The number of aromatic nitrogens is 3. The SMILES string of the molecule is CC(C)Oc1ccc(Nc2cnnc(NCc3ccco3)n2)cc1. The average Bonchev–Trinajstić information content (AvgIpc) is 3.08. The summed E-state index contributed by atoms with van der Waals surface area (Å²) in [7, 11) is 0. The van der Waals surface area contributed by atoms with Gasteiger partial charge in [0.2, 0.25) is 5.95 Å². The van der Waals surface area contributed by atoms with Crippen LogP contribution < -0.4 is 15.4 Å². The summed E-state index contributed by atoms with van der Waals surface area (Å²) in [6.45, 7) is 4.49. The van der Waals surface area contributed by atoms with Gasteiger partial charge in [-0.05, 0) is 50.2 Å². The number of furan rings is 1. The van der Waals surface area contributed by atoms with Crippen LogP contribution in [-0.4, -0.2) is 21.3 Å². The molecule has 0 saturated heterocycles. The first-order valence-electron chi connectivity index (χ1n) is 7.69. The summed E-state index contributed by atoms with van der Waals surface area (Å²) in [6, 6.07) is 11.4. The molecular formula is C17H19N5O2. The van der Waals surface area contributed by atoms with Gasteiger partial charge in [-0.15, -0.1) is 5.10 Å². The Balaban J connectivity index is 1.61. The average molecular weight is 325 g/mol. The van der Waals surface area contributed by atoms with Crippen LogP contribution >= 0.6 is 0 Å². The summed E-state index contributed by atoms with van der Waals surface area (Å²) >= 11 is 0. The van der Waals surface area contributed by atoms with Gasteiger partial charge in [0.25, 0.3) is 0 Å². The van der Waals surface area contributed by atoms with Gasteiger partial charge in [-0.3, -0.25) is 0 Å². The summed E-state index contributed by atoms with van der Waals surface area (Å²) in [4.78, 5) is 4.37. The summed E-state index contributed by atoms with van der Waals surface area (Å²) in [5.41, 5.74) is 0.892. The number of nitrogens with one attached hydrogen (secondary N) is 2. The van der Waals surface area contributed by atoms with E-state index in [1.807, 2.05) is 50.2 Å². The molecule has 0 amide bonds. The van der Waals surface area contributed by atoms with Gasteiger partial charge in [0.1, 0.15) is 11.5 Å². The number of rotatable bonds is 7. The molecule has 24 heavy (non-hydrogen) atoms. The van der Waals surface area contributed by atoms with Crippen molar-refractivity contribution in [2.45, 2.75) is 26.5 Å². The van der Waals surface area contributed by atoms with Crippen molar-refractivity contribution in [2.75, 3.05) is 10.6 Å². The monoisotopic (exact) mass is 325 g/mol. The second-order valence-corrected chi connectivity index (χ2v) is 5.41. The van der Waals surface area contributed by atoms with Gasteiger partial charge < -0.3 is 19.8 Å². The maximum atomic E-state index is 5.62. The molecule has 7 nitrogen and oxygen atoms in total. The predicted molar refractivity (Wildman–Crippen MR) is 91.4 cm³/mol. The predicted octanol–water partition coefficient (Wildman–Crippen LogP) is 3.61. The third-order valence-electron chi connectivity index (χ3n) is 3.06. The van der Waals surface area contributed by atoms with Crippen molar-refractivity contribution in [1.29, 1.82) is 0 Å². The molecule has 0 radical (unpaired) electrons. The minimum atomic E-state index is 0.151. The van der Waals surface area contributed by atoms with Crippen molar-refractivity contribution in [3.63, 3.8) is 0 Å². The molecule has 0 aliphatic rings. The van der Waals surface area contributed by atoms with E-state index in [0.29, 0.717) is 18.3 Å². The lowest BCUT2D eigenvalue weighted by Crippen LogP contribution is -2.06. The Morgan fingerprint density at radius 1 is 1.17 bits per heavy atom. The first-order chi connectivity index (χ1) is 11.7. The largest absolute Gasteiger partial charge is 0.491 e. The molecule has 0 saturated carbocycles. The van der Waals surface area contributed by atoms with Crippen LogP contribution in [0.3, 0.4) is 0 Å². The van der Waals surface area contributed by atoms with Gasteiger partial charge in [0, 0.05) is 5.69 Å². The van der Waals surface area contributed by atoms with Crippen molar-refractivity contribution >= 4 is 17.5 Å². The lowest BCUT2D eigenvalue weighted by atomic mass is 10.3. The molecule has 0 aliphatic heterocycles. The fourth-order valence-electron chi connectivity index (χ4n) is 2.05. The van der Waals surface area contributed by atoms with Crippen LogP contribution in [0.4, 0.5) is 17.5 Å². The third kappa shape index (κ3) is 4.45. The summed E-state index contributed by atoms with van der Waals surface area (Å²) < 4.78 is 10.9. The number of anilines is 3. The van der Waals surface area contributed by atoms with Crippen molar-refractivity contribution in [1.82, 2.24) is 15.2 Å². The van der Waals surface area contributed by atoms with E-state index < -0.39 is 0 Å². The van der Waals surface area contributed by atoms with Gasteiger partial charge in [-0.2, -0.15) is 10.1 Å². The highest BCUT2D eigenvalue weighted by atomic mass is 16.5.